The molecule has 0 radical (unpaired) electrons. The van der Waals surface area contributed by atoms with Crippen LogP contribution in [0.3, 0.4) is 0 Å². The van der Waals surface area contributed by atoms with Crippen molar-refractivity contribution < 1.29 is 14.3 Å². The largest absolute Gasteiger partial charge is 0.501 e. The van der Waals surface area contributed by atoms with Crippen LogP contribution < -0.4 is 10.9 Å². The summed E-state index contributed by atoms with van der Waals surface area (Å²) in [5.41, 5.74) is 1.71. The van der Waals surface area contributed by atoms with E-state index in [4.69, 9.17) is 0 Å². The van der Waals surface area contributed by atoms with E-state index in [2.05, 4.69) is 37.2 Å². The highest BCUT2D eigenvalue weighted by Gasteiger charge is 2.30. The summed E-state index contributed by atoms with van der Waals surface area (Å²) in [6.45, 7) is 4.05. The number of aromatic amines is 1. The Morgan fingerprint density at radius 2 is 1.56 bits per heavy atom. The second kappa shape index (κ2) is 12.0. The molecule has 1 unspecified atom stereocenters. The van der Waals surface area contributed by atoms with Crippen molar-refractivity contribution in [3.05, 3.63) is 129 Å². The van der Waals surface area contributed by atoms with E-state index in [-0.39, 0.29) is 23.9 Å². The van der Waals surface area contributed by atoms with Gasteiger partial charge in [0.15, 0.2) is 5.69 Å². The third kappa shape index (κ3) is 6.39. The quantitative estimate of drug-likeness (QED) is 0.325. The van der Waals surface area contributed by atoms with Crippen LogP contribution in [0.1, 0.15) is 39.0 Å². The molecule has 8 nitrogen and oxygen atoms in total. The van der Waals surface area contributed by atoms with Gasteiger partial charge < -0.3 is 15.4 Å². The van der Waals surface area contributed by atoms with E-state index in [1.807, 2.05) is 48.5 Å². The molecule has 5 rings (SSSR count). The molecule has 1 fully saturated rings. The van der Waals surface area contributed by atoms with Crippen molar-refractivity contribution in [1.29, 1.82) is 0 Å². The first kappa shape index (κ1) is 26.3. The van der Waals surface area contributed by atoms with Gasteiger partial charge in [0.2, 0.25) is 5.75 Å². The Bertz CT molecular complexity index is 1450. The number of rotatable bonds is 8. The number of benzene rings is 3. The van der Waals surface area contributed by atoms with E-state index in [9.17, 15) is 19.1 Å². The van der Waals surface area contributed by atoms with Gasteiger partial charge in [-0.3, -0.25) is 19.4 Å². The van der Waals surface area contributed by atoms with Crippen LogP contribution in [0.5, 0.6) is 5.75 Å². The molecular weight excluding hydrogens is 497 g/mol. The molecule has 1 saturated heterocycles. The van der Waals surface area contributed by atoms with E-state index in [1.54, 1.807) is 12.1 Å². The predicted octanol–water partition coefficient (Wildman–Crippen LogP) is 3.45. The van der Waals surface area contributed by atoms with Gasteiger partial charge in [0.05, 0.1) is 6.04 Å². The van der Waals surface area contributed by atoms with Crippen molar-refractivity contribution in [2.75, 3.05) is 26.2 Å². The number of piperazine rings is 1. The van der Waals surface area contributed by atoms with Gasteiger partial charge in [0, 0.05) is 39.3 Å². The number of aromatic nitrogens is 2. The van der Waals surface area contributed by atoms with E-state index in [1.165, 1.54) is 17.7 Å². The highest BCUT2D eigenvalue weighted by molar-refractivity contribution is 5.94. The Labute approximate surface area is 225 Å². The molecule has 4 aromatic rings. The maximum atomic E-state index is 13.2. The van der Waals surface area contributed by atoms with Crippen LogP contribution >= 0.6 is 0 Å². The van der Waals surface area contributed by atoms with Crippen LogP contribution in [0, 0.1) is 5.82 Å². The molecule has 3 N–H and O–H groups in total. The van der Waals surface area contributed by atoms with Crippen LogP contribution in [0.25, 0.3) is 0 Å². The molecule has 1 aliphatic rings. The molecular formula is C30H30FN5O3. The fraction of sp³-hybridized carbons (Fsp3) is 0.233. The first-order valence-corrected chi connectivity index (χ1v) is 12.9. The normalized spacial score (nSPS) is 15.1. The number of H-pyrrole nitrogens is 1. The molecule has 1 amide bonds. The van der Waals surface area contributed by atoms with Crippen LogP contribution in [0.4, 0.5) is 4.39 Å². The number of amides is 1. The third-order valence-electron chi connectivity index (χ3n) is 6.89. The predicted molar refractivity (Wildman–Crippen MR) is 146 cm³/mol. The first-order valence-electron chi connectivity index (χ1n) is 12.9. The molecule has 9 heteroatoms. The lowest BCUT2D eigenvalue weighted by molar-refractivity contribution is 0.0935. The summed E-state index contributed by atoms with van der Waals surface area (Å²) < 4.78 is 13.2. The Morgan fingerprint density at radius 1 is 0.923 bits per heavy atom. The summed E-state index contributed by atoms with van der Waals surface area (Å²) >= 11 is 0. The monoisotopic (exact) mass is 527 g/mol. The smallest absolute Gasteiger partial charge is 0.293 e. The van der Waals surface area contributed by atoms with E-state index in [0.29, 0.717) is 5.56 Å². The second-order valence-corrected chi connectivity index (χ2v) is 9.57. The minimum atomic E-state index is -0.782. The van der Waals surface area contributed by atoms with Crippen molar-refractivity contribution in [3.8, 4) is 5.75 Å². The molecule has 1 aromatic heterocycles. The summed E-state index contributed by atoms with van der Waals surface area (Å²) in [4.78, 5) is 37.5. The van der Waals surface area contributed by atoms with Crippen molar-refractivity contribution in [2.45, 2.75) is 19.1 Å². The maximum Gasteiger partial charge on any atom is 0.293 e. The average molecular weight is 528 g/mol. The topological polar surface area (TPSA) is 102 Å². The van der Waals surface area contributed by atoms with Crippen LogP contribution in [-0.4, -0.2) is 57.0 Å². The number of hydrogen-bond acceptors (Lipinski definition) is 6. The van der Waals surface area contributed by atoms with Gasteiger partial charge in [-0.25, -0.2) is 9.37 Å². The molecule has 3 aromatic carbocycles. The number of carbonyl (C=O) groups is 1. The van der Waals surface area contributed by atoms with Crippen LogP contribution in [0.2, 0.25) is 0 Å². The zero-order valence-electron chi connectivity index (χ0n) is 21.4. The Kier molecular flexibility index (Phi) is 8.10. The fourth-order valence-corrected chi connectivity index (χ4v) is 4.84. The van der Waals surface area contributed by atoms with E-state index < -0.39 is 23.3 Å². The number of aromatic hydroxyl groups is 1. The summed E-state index contributed by atoms with van der Waals surface area (Å²) in [6, 6.07) is 25.3. The van der Waals surface area contributed by atoms with Crippen molar-refractivity contribution in [2.24, 2.45) is 0 Å². The summed E-state index contributed by atoms with van der Waals surface area (Å²) in [6.07, 6.45) is 0. The fourth-order valence-electron chi connectivity index (χ4n) is 4.84. The molecule has 0 aliphatic carbocycles. The molecule has 0 bridgehead atoms. The SMILES string of the molecule is O=C(NCc1ccc(F)cc1)c1nc(C(c2ccccc2)N2CCN(Cc3ccccc3)CC2)[nH]c(=O)c1O. The van der Waals surface area contributed by atoms with Gasteiger partial charge in [-0.05, 0) is 28.8 Å². The summed E-state index contributed by atoms with van der Waals surface area (Å²) in [5, 5.41) is 13.1. The van der Waals surface area contributed by atoms with Gasteiger partial charge in [-0.15, -0.1) is 0 Å². The van der Waals surface area contributed by atoms with Crippen molar-refractivity contribution in [3.63, 3.8) is 0 Å². The van der Waals surface area contributed by atoms with Gasteiger partial charge >= 0.3 is 0 Å². The zero-order valence-corrected chi connectivity index (χ0v) is 21.4. The molecule has 0 spiro atoms. The van der Waals surface area contributed by atoms with Gasteiger partial charge in [-0.2, -0.15) is 0 Å². The minimum absolute atomic E-state index is 0.0911. The Hall–Kier alpha value is -4.34. The number of nitrogens with zero attached hydrogens (tertiary/aromatic N) is 3. The average Bonchev–Trinajstić information content (AvgIpc) is 2.96. The summed E-state index contributed by atoms with van der Waals surface area (Å²) in [7, 11) is 0. The lowest BCUT2D eigenvalue weighted by Gasteiger charge is -2.39. The highest BCUT2D eigenvalue weighted by Crippen LogP contribution is 2.28. The van der Waals surface area contributed by atoms with Crippen LogP contribution in [0.15, 0.2) is 89.7 Å². The number of halogens is 1. The van der Waals surface area contributed by atoms with E-state index in [0.717, 1.165) is 38.3 Å². The lowest BCUT2D eigenvalue weighted by atomic mass is 10.0. The zero-order chi connectivity index (χ0) is 27.2. The molecule has 0 saturated carbocycles. The molecule has 2 heterocycles. The van der Waals surface area contributed by atoms with Crippen molar-refractivity contribution >= 4 is 5.91 Å². The maximum absolute atomic E-state index is 13.2. The third-order valence-corrected chi connectivity index (χ3v) is 6.89. The van der Waals surface area contributed by atoms with Crippen molar-refractivity contribution in [1.82, 2.24) is 25.1 Å². The molecule has 200 valence electrons. The van der Waals surface area contributed by atoms with Gasteiger partial charge in [0.25, 0.3) is 11.5 Å². The number of carbonyl (C=O) groups excluding carboxylic acids is 1. The molecule has 1 aliphatic heterocycles. The van der Waals surface area contributed by atoms with E-state index >= 15 is 0 Å². The standard InChI is InChI=1S/C30H30FN5O3/c31-24-13-11-21(12-14-24)19-32-29(38)25-27(37)30(39)34-28(33-25)26(23-9-5-2-6-10-23)36-17-15-35(16-18-36)20-22-7-3-1-4-8-22/h1-14,26,37H,15-20H2,(H,32,38)(H,33,34,39). The highest BCUT2D eigenvalue weighted by atomic mass is 19.1. The van der Waals surface area contributed by atoms with Crippen LogP contribution in [-0.2, 0) is 13.1 Å². The Balaban J connectivity index is 1.38. The molecule has 1 atom stereocenters. The number of nitrogens with one attached hydrogen (secondary N) is 2. The lowest BCUT2D eigenvalue weighted by Crippen LogP contribution is -2.48. The van der Waals surface area contributed by atoms with Gasteiger partial charge in [-0.1, -0.05) is 72.8 Å². The first-order chi connectivity index (χ1) is 19.0. The second-order valence-electron chi connectivity index (χ2n) is 9.57. The molecule has 39 heavy (non-hydrogen) atoms. The minimum Gasteiger partial charge on any atom is -0.501 e. The summed E-state index contributed by atoms with van der Waals surface area (Å²) in [5.74, 6) is -1.53. The number of hydrogen-bond donors (Lipinski definition) is 3. The van der Waals surface area contributed by atoms with Gasteiger partial charge in [0.1, 0.15) is 11.6 Å². The Morgan fingerprint density at radius 3 is 2.23 bits per heavy atom.